The number of aliphatic imine (C=N–C) groups is 1. The third kappa shape index (κ3) is 4.82. The number of amidine groups is 1. The van der Waals surface area contributed by atoms with E-state index in [4.69, 9.17) is 9.47 Å². The first-order chi connectivity index (χ1) is 9.06. The molecule has 0 radical (unpaired) electrons. The van der Waals surface area contributed by atoms with Gasteiger partial charge in [0.2, 0.25) is 5.91 Å². The van der Waals surface area contributed by atoms with Crippen molar-refractivity contribution in [2.24, 2.45) is 10.4 Å². The van der Waals surface area contributed by atoms with Crippen molar-refractivity contribution in [3.63, 3.8) is 0 Å². The normalized spacial score (nSPS) is 22.0. The number of hydrogen-bond acceptors (Lipinski definition) is 5. The monoisotopic (exact) mass is 294 g/mol. The average molecular weight is 294 g/mol. The first kappa shape index (κ1) is 19.5. The molecule has 0 bridgehead atoms. The number of ether oxygens (including phenoxy) is 2. The summed E-state index contributed by atoms with van der Waals surface area (Å²) in [6.07, 6.45) is 0.486. The van der Waals surface area contributed by atoms with Crippen LogP contribution in [0, 0.1) is 5.41 Å². The Morgan fingerprint density at radius 3 is 2.40 bits per heavy atom. The second-order valence-electron chi connectivity index (χ2n) is 4.17. The van der Waals surface area contributed by atoms with Gasteiger partial charge in [-0.2, -0.15) is 0 Å². The summed E-state index contributed by atoms with van der Waals surface area (Å²) in [6, 6.07) is -0.892. The molecule has 0 saturated heterocycles. The molecule has 7 nitrogen and oxygen atoms in total. The summed E-state index contributed by atoms with van der Waals surface area (Å²) in [7, 11) is 0. The van der Waals surface area contributed by atoms with E-state index in [1.165, 1.54) is 0 Å². The summed E-state index contributed by atoms with van der Waals surface area (Å²) in [5.41, 5.74) is -1.28. The molecule has 20 heavy (non-hydrogen) atoms. The Morgan fingerprint density at radius 2 is 1.85 bits per heavy atom. The third-order valence-corrected chi connectivity index (χ3v) is 3.12. The zero-order valence-corrected chi connectivity index (χ0v) is 14.2. The zero-order chi connectivity index (χ0) is 14.3. The predicted octanol–water partition coefficient (Wildman–Crippen LogP) is -3.80. The quantitative estimate of drug-likeness (QED) is 0.281. The minimum atomic E-state index is -1.28. The van der Waals surface area contributed by atoms with E-state index < -0.39 is 23.3 Å². The van der Waals surface area contributed by atoms with Gasteiger partial charge in [-0.15, -0.1) is 0 Å². The maximum atomic E-state index is 11.8. The molecule has 1 rings (SSSR count). The molecule has 1 heterocycles. The van der Waals surface area contributed by atoms with Gasteiger partial charge < -0.3 is 19.9 Å². The second-order valence-corrected chi connectivity index (χ2v) is 4.17. The van der Waals surface area contributed by atoms with Gasteiger partial charge in [0, 0.05) is 13.2 Å². The molecular weight excluding hydrogens is 275 g/mol. The molecule has 0 aromatic heterocycles. The molecule has 0 aromatic rings. The molecule has 1 unspecified atom stereocenters. The number of nitrogens with zero attached hydrogens (tertiary/aromatic N) is 1. The van der Waals surface area contributed by atoms with E-state index in [-0.39, 0.29) is 49.0 Å². The molecular formula is C12H19N2NaO5. The summed E-state index contributed by atoms with van der Waals surface area (Å²) in [5, 5.41) is 13.0. The van der Waals surface area contributed by atoms with Crippen molar-refractivity contribution in [3.05, 3.63) is 0 Å². The number of carbonyl (C=O) groups excluding carboxylic acids is 2. The SMILES string of the molecule is CCOCCOCCC1(CC)C(=O)N=C([O-])NC1=O.[Na+]. The summed E-state index contributed by atoms with van der Waals surface area (Å²) < 4.78 is 10.4. The Labute approximate surface area is 140 Å². The van der Waals surface area contributed by atoms with Crippen LogP contribution < -0.4 is 40.0 Å². The fourth-order valence-corrected chi connectivity index (χ4v) is 1.86. The van der Waals surface area contributed by atoms with E-state index >= 15 is 0 Å². The van der Waals surface area contributed by atoms with Gasteiger partial charge in [0.15, 0.2) is 0 Å². The van der Waals surface area contributed by atoms with E-state index in [2.05, 4.69) is 10.3 Å². The molecule has 8 heteroatoms. The van der Waals surface area contributed by atoms with Crippen molar-refractivity contribution in [2.75, 3.05) is 26.4 Å². The predicted molar refractivity (Wildman–Crippen MR) is 65.2 cm³/mol. The van der Waals surface area contributed by atoms with Crippen molar-refractivity contribution in [1.29, 1.82) is 0 Å². The molecule has 108 valence electrons. The first-order valence-electron chi connectivity index (χ1n) is 6.34. The molecule has 0 fully saturated rings. The molecule has 1 atom stereocenters. The van der Waals surface area contributed by atoms with E-state index in [9.17, 15) is 14.7 Å². The Bertz CT molecular complexity index is 375. The van der Waals surface area contributed by atoms with Crippen LogP contribution in [-0.4, -0.2) is 44.3 Å². The smallest absolute Gasteiger partial charge is 0.846 e. The standard InChI is InChI=1S/C12H20N2O5.Na/c1-3-12(5-6-19-8-7-18-4-2)9(15)13-11(17)14-10(12)16;/h3-8H2,1-2H3,(H2,13,14,15,16,17);/q;+1/p-1. The van der Waals surface area contributed by atoms with Gasteiger partial charge in [0.1, 0.15) is 5.41 Å². The van der Waals surface area contributed by atoms with Crippen LogP contribution in [0.25, 0.3) is 0 Å². The summed E-state index contributed by atoms with van der Waals surface area (Å²) >= 11 is 0. The number of rotatable bonds is 8. The van der Waals surface area contributed by atoms with Crippen LogP contribution in [0.4, 0.5) is 0 Å². The summed E-state index contributed by atoms with van der Waals surface area (Å²) in [4.78, 5) is 26.9. The fourth-order valence-electron chi connectivity index (χ4n) is 1.86. The minimum Gasteiger partial charge on any atom is -0.846 e. The maximum absolute atomic E-state index is 11.8. The van der Waals surface area contributed by atoms with Crippen LogP contribution in [0.15, 0.2) is 4.99 Å². The van der Waals surface area contributed by atoms with Gasteiger partial charge in [0.05, 0.1) is 19.2 Å². The molecule has 1 aliphatic rings. The molecule has 0 aliphatic carbocycles. The number of carbonyl (C=O) groups is 2. The fraction of sp³-hybridized carbons (Fsp3) is 0.750. The maximum Gasteiger partial charge on any atom is 1.00 e. The third-order valence-electron chi connectivity index (χ3n) is 3.12. The minimum absolute atomic E-state index is 0. The van der Waals surface area contributed by atoms with E-state index in [1.54, 1.807) is 6.92 Å². The van der Waals surface area contributed by atoms with Crippen LogP contribution in [0.5, 0.6) is 0 Å². The molecule has 0 saturated carbocycles. The number of amides is 2. The molecule has 1 N–H and O–H groups in total. The summed E-state index contributed by atoms with van der Waals surface area (Å²) in [5.74, 6) is -1.27. The molecule has 0 aromatic carbocycles. The van der Waals surface area contributed by atoms with Gasteiger partial charge in [-0.3, -0.25) is 9.59 Å². The van der Waals surface area contributed by atoms with Gasteiger partial charge >= 0.3 is 29.6 Å². The number of hydrogen-bond donors (Lipinski definition) is 1. The van der Waals surface area contributed by atoms with Crippen molar-refractivity contribution in [1.82, 2.24) is 5.32 Å². The zero-order valence-electron chi connectivity index (χ0n) is 12.2. The molecule has 0 spiro atoms. The first-order valence-corrected chi connectivity index (χ1v) is 6.34. The van der Waals surface area contributed by atoms with Crippen LogP contribution in [0.3, 0.4) is 0 Å². The van der Waals surface area contributed by atoms with E-state index in [1.807, 2.05) is 6.92 Å². The Morgan fingerprint density at radius 1 is 1.20 bits per heavy atom. The van der Waals surface area contributed by atoms with Gasteiger partial charge in [0.25, 0.3) is 5.91 Å². The average Bonchev–Trinajstić information content (AvgIpc) is 2.36. The van der Waals surface area contributed by atoms with Gasteiger partial charge in [-0.1, -0.05) is 6.92 Å². The van der Waals surface area contributed by atoms with Crippen molar-refractivity contribution < 1.29 is 53.7 Å². The van der Waals surface area contributed by atoms with Crippen molar-refractivity contribution in [2.45, 2.75) is 26.7 Å². The van der Waals surface area contributed by atoms with Crippen molar-refractivity contribution in [3.8, 4) is 0 Å². The number of nitrogens with one attached hydrogen (secondary N) is 1. The van der Waals surface area contributed by atoms with Crippen LogP contribution >= 0.6 is 0 Å². The van der Waals surface area contributed by atoms with Crippen LogP contribution in [0.2, 0.25) is 0 Å². The topological polar surface area (TPSA) is 100 Å². The van der Waals surface area contributed by atoms with E-state index in [0.717, 1.165) is 0 Å². The van der Waals surface area contributed by atoms with Crippen LogP contribution in [-0.2, 0) is 19.1 Å². The Balaban J connectivity index is 0.00000361. The second kappa shape index (κ2) is 9.46. The Kier molecular flexibility index (Phi) is 9.24. The summed E-state index contributed by atoms with van der Waals surface area (Å²) in [6.45, 7) is 5.32. The molecule has 2 amide bonds. The van der Waals surface area contributed by atoms with Gasteiger partial charge in [-0.25, -0.2) is 4.99 Å². The Hall–Kier alpha value is -0.470. The van der Waals surface area contributed by atoms with E-state index in [0.29, 0.717) is 19.8 Å². The largest absolute Gasteiger partial charge is 1.00 e. The van der Waals surface area contributed by atoms with Crippen molar-refractivity contribution >= 4 is 17.8 Å². The van der Waals surface area contributed by atoms with Gasteiger partial charge in [-0.05, 0) is 19.8 Å². The van der Waals surface area contributed by atoms with Crippen LogP contribution in [0.1, 0.15) is 26.7 Å². The molecule has 1 aliphatic heterocycles.